The Kier molecular flexibility index (Phi) is 5.82. The summed E-state index contributed by atoms with van der Waals surface area (Å²) in [6, 6.07) is 41.0. The second kappa shape index (κ2) is 9.97. The maximum Gasteiger partial charge on any atom is 0.138 e. The molecule has 0 saturated carbocycles. The molecule has 0 unspecified atom stereocenters. The zero-order valence-electron chi connectivity index (χ0n) is 23.4. The van der Waals surface area contributed by atoms with E-state index in [1.807, 2.05) is 12.3 Å². The fraction of sp³-hybridized carbons (Fsp3) is 0.0769. The van der Waals surface area contributed by atoms with E-state index in [0.717, 1.165) is 46.1 Å². The molecule has 0 radical (unpaired) electrons. The quantitative estimate of drug-likeness (QED) is 0.223. The van der Waals surface area contributed by atoms with Crippen LogP contribution >= 0.6 is 0 Å². The highest BCUT2D eigenvalue weighted by Gasteiger charge is 2.29. The monoisotopic (exact) mass is 539 g/mol. The number of nitrogens with zero attached hydrogens (tertiary/aromatic N) is 3. The summed E-state index contributed by atoms with van der Waals surface area (Å²) in [4.78, 5) is 12.6. The van der Waals surface area contributed by atoms with Crippen LogP contribution in [0.15, 0.2) is 140 Å². The molecule has 0 amide bonds. The van der Waals surface area contributed by atoms with Crippen LogP contribution < -0.4 is 4.90 Å². The normalized spacial score (nSPS) is 15.4. The van der Waals surface area contributed by atoms with Crippen LogP contribution in [0.2, 0.25) is 0 Å². The molecule has 3 heteroatoms. The molecule has 1 aliphatic carbocycles. The lowest BCUT2D eigenvalue weighted by molar-refractivity contribution is 0.746. The minimum absolute atomic E-state index is 0.481. The molecule has 200 valence electrons. The summed E-state index contributed by atoms with van der Waals surface area (Å²) < 4.78 is 0. The van der Waals surface area contributed by atoms with Gasteiger partial charge in [0.05, 0.1) is 22.8 Å². The van der Waals surface area contributed by atoms with Crippen LogP contribution in [0.5, 0.6) is 0 Å². The number of benzene rings is 4. The Labute approximate surface area is 246 Å². The number of hydrogen-bond acceptors (Lipinski definition) is 3. The van der Waals surface area contributed by atoms with E-state index in [-0.39, 0.29) is 0 Å². The molecule has 0 saturated heterocycles. The minimum Gasteiger partial charge on any atom is -0.292 e. The SMILES string of the molecule is C[C@H]1C=CC=C(c2cc(-c3ccccc3)cc(N3c4cccnc4-c4cc(-c5ccccc5)cc5cccc3c45)n2)C1. The average molecular weight is 540 g/mol. The van der Waals surface area contributed by atoms with E-state index in [1.54, 1.807) is 0 Å². The van der Waals surface area contributed by atoms with Crippen LogP contribution in [0.4, 0.5) is 17.2 Å². The molecule has 0 bridgehead atoms. The predicted molar refractivity (Wildman–Crippen MR) is 175 cm³/mol. The second-order valence-electron chi connectivity index (χ2n) is 11.2. The van der Waals surface area contributed by atoms with Gasteiger partial charge >= 0.3 is 0 Å². The van der Waals surface area contributed by atoms with Crippen LogP contribution in [-0.4, -0.2) is 9.97 Å². The van der Waals surface area contributed by atoms with Gasteiger partial charge in [0.2, 0.25) is 0 Å². The Morgan fingerprint density at radius 3 is 2.19 bits per heavy atom. The van der Waals surface area contributed by atoms with Gasteiger partial charge in [-0.3, -0.25) is 9.88 Å². The van der Waals surface area contributed by atoms with E-state index in [2.05, 4.69) is 139 Å². The van der Waals surface area contributed by atoms with Crippen molar-refractivity contribution < 1.29 is 0 Å². The van der Waals surface area contributed by atoms with E-state index >= 15 is 0 Å². The lowest BCUT2D eigenvalue weighted by Gasteiger charge is -2.33. The molecule has 42 heavy (non-hydrogen) atoms. The van der Waals surface area contributed by atoms with Crippen molar-refractivity contribution in [2.75, 3.05) is 4.90 Å². The highest BCUT2D eigenvalue weighted by atomic mass is 15.2. The minimum atomic E-state index is 0.481. The maximum atomic E-state index is 5.36. The van der Waals surface area contributed by atoms with Crippen molar-refractivity contribution in [3.63, 3.8) is 0 Å². The van der Waals surface area contributed by atoms with Gasteiger partial charge in [0.1, 0.15) is 5.82 Å². The van der Waals surface area contributed by atoms with E-state index in [1.165, 1.54) is 33.0 Å². The first-order valence-corrected chi connectivity index (χ1v) is 14.6. The van der Waals surface area contributed by atoms with Gasteiger partial charge in [-0.15, -0.1) is 0 Å². The van der Waals surface area contributed by atoms with E-state index < -0.39 is 0 Å². The number of rotatable bonds is 4. The predicted octanol–water partition coefficient (Wildman–Crippen LogP) is 10.4. The Morgan fingerprint density at radius 1 is 0.690 bits per heavy atom. The number of hydrogen-bond donors (Lipinski definition) is 0. The number of aromatic nitrogens is 2. The van der Waals surface area contributed by atoms with Gasteiger partial charge in [0.25, 0.3) is 0 Å². The Balaban J connectivity index is 1.39. The summed E-state index contributed by atoms with van der Waals surface area (Å²) in [5.41, 5.74) is 11.3. The highest BCUT2D eigenvalue weighted by Crippen LogP contribution is 2.51. The molecule has 2 aromatic heterocycles. The summed E-state index contributed by atoms with van der Waals surface area (Å²) in [7, 11) is 0. The molecule has 6 aromatic rings. The van der Waals surface area contributed by atoms with Gasteiger partial charge in [-0.05, 0) is 88.0 Å². The van der Waals surface area contributed by atoms with Gasteiger partial charge in [0, 0.05) is 17.1 Å². The molecule has 3 nitrogen and oxygen atoms in total. The molecule has 4 aromatic carbocycles. The van der Waals surface area contributed by atoms with Crippen LogP contribution in [0.25, 0.3) is 49.9 Å². The molecule has 0 spiro atoms. The maximum absolute atomic E-state index is 5.36. The third-order valence-corrected chi connectivity index (χ3v) is 8.34. The Bertz CT molecular complexity index is 2020. The summed E-state index contributed by atoms with van der Waals surface area (Å²) in [5, 5.41) is 2.39. The van der Waals surface area contributed by atoms with Gasteiger partial charge in [-0.25, -0.2) is 4.98 Å². The fourth-order valence-electron chi connectivity index (χ4n) is 6.37. The standard InChI is InChI=1S/C39H29N3/c1-26-11-8-16-29(21-26)34-24-32(28-14-6-3-7-15-28)25-37(41-34)42-35-18-9-17-30-22-31(27-12-4-2-5-13-27)23-33(38(30)35)39-36(42)19-10-20-40-39/h2-20,22-26H,21H2,1H3/t26-/m0/s1. The van der Waals surface area contributed by atoms with Gasteiger partial charge in [0.15, 0.2) is 0 Å². The average Bonchev–Trinajstić information content (AvgIpc) is 3.05. The van der Waals surface area contributed by atoms with Gasteiger partial charge in [-0.1, -0.05) is 97.9 Å². The molecule has 0 fully saturated rings. The zero-order chi connectivity index (χ0) is 28.0. The van der Waals surface area contributed by atoms with Crippen LogP contribution in [0.1, 0.15) is 19.0 Å². The van der Waals surface area contributed by atoms with Crippen LogP contribution in [0, 0.1) is 5.92 Å². The van der Waals surface area contributed by atoms with Crippen molar-refractivity contribution in [2.24, 2.45) is 5.92 Å². The largest absolute Gasteiger partial charge is 0.292 e. The van der Waals surface area contributed by atoms with Crippen LogP contribution in [-0.2, 0) is 0 Å². The summed E-state index contributed by atoms with van der Waals surface area (Å²) in [6.45, 7) is 2.26. The van der Waals surface area contributed by atoms with Crippen molar-refractivity contribution in [2.45, 2.75) is 13.3 Å². The molecule has 2 aliphatic rings. The third kappa shape index (κ3) is 4.13. The highest BCUT2D eigenvalue weighted by molar-refractivity contribution is 6.14. The topological polar surface area (TPSA) is 29.0 Å². The first-order chi connectivity index (χ1) is 20.7. The van der Waals surface area contributed by atoms with Gasteiger partial charge < -0.3 is 0 Å². The van der Waals surface area contributed by atoms with Crippen molar-refractivity contribution in [1.29, 1.82) is 0 Å². The van der Waals surface area contributed by atoms with Gasteiger partial charge in [-0.2, -0.15) is 0 Å². The van der Waals surface area contributed by atoms with Crippen molar-refractivity contribution in [1.82, 2.24) is 9.97 Å². The lowest BCUT2D eigenvalue weighted by atomic mass is 9.90. The number of allylic oxidation sites excluding steroid dienone is 4. The number of pyridine rings is 2. The Morgan fingerprint density at radius 2 is 1.43 bits per heavy atom. The molecule has 3 heterocycles. The van der Waals surface area contributed by atoms with E-state index in [9.17, 15) is 0 Å². The van der Waals surface area contributed by atoms with E-state index in [0.29, 0.717) is 5.92 Å². The third-order valence-electron chi connectivity index (χ3n) is 8.34. The molecular formula is C39H29N3. The lowest BCUT2D eigenvalue weighted by Crippen LogP contribution is -2.17. The number of fused-ring (bicyclic) bond motifs is 2. The summed E-state index contributed by atoms with van der Waals surface area (Å²) in [5.74, 6) is 1.38. The smallest absolute Gasteiger partial charge is 0.138 e. The summed E-state index contributed by atoms with van der Waals surface area (Å²) >= 11 is 0. The fourth-order valence-corrected chi connectivity index (χ4v) is 6.37. The summed E-state index contributed by atoms with van der Waals surface area (Å²) in [6.07, 6.45) is 9.51. The van der Waals surface area contributed by atoms with E-state index in [4.69, 9.17) is 9.97 Å². The zero-order valence-corrected chi connectivity index (χ0v) is 23.4. The first kappa shape index (κ1) is 24.5. The van der Waals surface area contributed by atoms with Crippen molar-refractivity contribution >= 4 is 33.5 Å². The molecule has 0 N–H and O–H groups in total. The first-order valence-electron chi connectivity index (χ1n) is 14.6. The molecule has 1 atom stereocenters. The number of anilines is 3. The van der Waals surface area contributed by atoms with Crippen molar-refractivity contribution in [3.05, 3.63) is 145 Å². The van der Waals surface area contributed by atoms with Crippen molar-refractivity contribution in [3.8, 4) is 33.5 Å². The molecule has 1 aliphatic heterocycles. The Hall–Kier alpha value is -5.28. The van der Waals surface area contributed by atoms with Crippen LogP contribution in [0.3, 0.4) is 0 Å². The second-order valence-corrected chi connectivity index (χ2v) is 11.2. The molecular weight excluding hydrogens is 510 g/mol. The molecule has 8 rings (SSSR count).